The van der Waals surface area contributed by atoms with E-state index >= 15 is 0 Å². The van der Waals surface area contributed by atoms with Gasteiger partial charge in [0.05, 0.1) is 26.8 Å². The first-order chi connectivity index (χ1) is 8.22. The summed E-state index contributed by atoms with van der Waals surface area (Å²) in [6, 6.07) is 5.92. The number of ether oxygens (including phenoxy) is 2. The van der Waals surface area contributed by atoms with Gasteiger partial charge in [-0.15, -0.1) is 0 Å². The van der Waals surface area contributed by atoms with Gasteiger partial charge in [0.2, 0.25) is 0 Å². The van der Waals surface area contributed by atoms with Crippen molar-refractivity contribution in [3.05, 3.63) is 23.3 Å². The molecule has 0 aliphatic heterocycles. The van der Waals surface area contributed by atoms with Crippen LogP contribution in [-0.2, 0) is 6.42 Å². The van der Waals surface area contributed by atoms with Crippen LogP contribution in [0.1, 0.15) is 11.1 Å². The summed E-state index contributed by atoms with van der Waals surface area (Å²) in [4.78, 5) is 0. The standard InChI is InChI=1S/C13H18N2O2/c1-10-8-11(16-2)9-13(17-3)12(10)4-6-15-7-5-14/h8-9,15H,4,6-7H2,1-3H3. The number of nitrogens with one attached hydrogen (secondary N) is 1. The lowest BCUT2D eigenvalue weighted by atomic mass is 10.0. The Kier molecular flexibility index (Phi) is 5.31. The molecule has 0 atom stereocenters. The Labute approximate surface area is 102 Å². The fraction of sp³-hybridized carbons (Fsp3) is 0.462. The molecule has 92 valence electrons. The Bertz CT molecular complexity index is 411. The first-order valence-corrected chi connectivity index (χ1v) is 5.52. The van der Waals surface area contributed by atoms with Gasteiger partial charge in [-0.2, -0.15) is 5.26 Å². The number of methoxy groups -OCH3 is 2. The molecule has 4 heteroatoms. The predicted molar refractivity (Wildman–Crippen MR) is 66.5 cm³/mol. The molecule has 1 aromatic rings. The van der Waals surface area contributed by atoms with Crippen LogP contribution < -0.4 is 14.8 Å². The van der Waals surface area contributed by atoms with Crippen molar-refractivity contribution in [1.82, 2.24) is 5.32 Å². The van der Waals surface area contributed by atoms with Crippen molar-refractivity contribution in [2.24, 2.45) is 0 Å². The maximum absolute atomic E-state index is 8.43. The van der Waals surface area contributed by atoms with E-state index in [4.69, 9.17) is 14.7 Å². The second kappa shape index (κ2) is 6.77. The van der Waals surface area contributed by atoms with Crippen molar-refractivity contribution < 1.29 is 9.47 Å². The van der Waals surface area contributed by atoms with E-state index in [9.17, 15) is 0 Å². The Hall–Kier alpha value is -1.73. The quantitative estimate of drug-likeness (QED) is 0.601. The summed E-state index contributed by atoms with van der Waals surface area (Å²) in [7, 11) is 3.29. The monoisotopic (exact) mass is 234 g/mol. The first kappa shape index (κ1) is 13.3. The normalized spacial score (nSPS) is 9.76. The average Bonchev–Trinajstić information content (AvgIpc) is 2.35. The van der Waals surface area contributed by atoms with Gasteiger partial charge in [0.15, 0.2) is 0 Å². The van der Waals surface area contributed by atoms with Gasteiger partial charge in [0.25, 0.3) is 0 Å². The van der Waals surface area contributed by atoms with Crippen LogP contribution in [0.15, 0.2) is 12.1 Å². The third-order valence-electron chi connectivity index (χ3n) is 2.62. The summed E-state index contributed by atoms with van der Waals surface area (Å²) in [6.07, 6.45) is 0.834. The maximum atomic E-state index is 8.43. The zero-order valence-corrected chi connectivity index (χ0v) is 10.5. The fourth-order valence-corrected chi connectivity index (χ4v) is 1.73. The Balaban J connectivity index is 2.79. The third kappa shape index (κ3) is 3.65. The molecule has 0 saturated heterocycles. The lowest BCUT2D eigenvalue weighted by Crippen LogP contribution is -2.17. The summed E-state index contributed by atoms with van der Waals surface area (Å²) < 4.78 is 10.5. The predicted octanol–water partition coefficient (Wildman–Crippen LogP) is 1.67. The summed E-state index contributed by atoms with van der Waals surface area (Å²) in [5.41, 5.74) is 2.29. The number of aryl methyl sites for hydroxylation is 1. The molecule has 0 saturated carbocycles. The minimum absolute atomic E-state index is 0.373. The van der Waals surface area contributed by atoms with Gasteiger partial charge in [-0.3, -0.25) is 0 Å². The van der Waals surface area contributed by atoms with Crippen LogP contribution in [0.2, 0.25) is 0 Å². The summed E-state index contributed by atoms with van der Waals surface area (Å²) in [5.74, 6) is 1.63. The summed E-state index contributed by atoms with van der Waals surface area (Å²) in [5, 5.41) is 11.5. The van der Waals surface area contributed by atoms with E-state index < -0.39 is 0 Å². The molecule has 0 radical (unpaired) electrons. The molecule has 0 amide bonds. The highest BCUT2D eigenvalue weighted by molar-refractivity contribution is 5.46. The number of hydrogen-bond donors (Lipinski definition) is 1. The summed E-state index contributed by atoms with van der Waals surface area (Å²) in [6.45, 7) is 3.17. The van der Waals surface area contributed by atoms with Crippen LogP contribution in [-0.4, -0.2) is 27.3 Å². The Morgan fingerprint density at radius 3 is 2.65 bits per heavy atom. The third-order valence-corrected chi connectivity index (χ3v) is 2.62. The van der Waals surface area contributed by atoms with Crippen molar-refractivity contribution in [2.75, 3.05) is 27.3 Å². The lowest BCUT2D eigenvalue weighted by molar-refractivity contribution is 0.390. The second-order valence-electron chi connectivity index (χ2n) is 3.71. The molecule has 17 heavy (non-hydrogen) atoms. The molecule has 0 bridgehead atoms. The maximum Gasteiger partial charge on any atom is 0.126 e. The van der Waals surface area contributed by atoms with Crippen LogP contribution in [0, 0.1) is 18.3 Å². The number of benzene rings is 1. The topological polar surface area (TPSA) is 54.3 Å². The van der Waals surface area contributed by atoms with Crippen LogP contribution in [0.3, 0.4) is 0 Å². The van der Waals surface area contributed by atoms with Gasteiger partial charge in [-0.05, 0) is 30.5 Å². The zero-order valence-electron chi connectivity index (χ0n) is 10.5. The Morgan fingerprint density at radius 1 is 1.29 bits per heavy atom. The largest absolute Gasteiger partial charge is 0.497 e. The van der Waals surface area contributed by atoms with Crippen molar-refractivity contribution >= 4 is 0 Å². The SMILES string of the molecule is COc1cc(C)c(CCNCC#N)c(OC)c1. The van der Waals surface area contributed by atoms with E-state index in [1.54, 1.807) is 14.2 Å². The van der Waals surface area contributed by atoms with E-state index in [0.29, 0.717) is 6.54 Å². The molecule has 0 aromatic heterocycles. The van der Waals surface area contributed by atoms with E-state index in [2.05, 4.69) is 11.4 Å². The molecule has 0 unspecified atom stereocenters. The Morgan fingerprint density at radius 2 is 2.06 bits per heavy atom. The summed E-state index contributed by atoms with van der Waals surface area (Å²) >= 11 is 0. The molecule has 1 rings (SSSR count). The zero-order chi connectivity index (χ0) is 12.7. The molecular weight excluding hydrogens is 216 g/mol. The molecule has 0 aliphatic rings. The minimum atomic E-state index is 0.373. The molecule has 0 heterocycles. The van der Waals surface area contributed by atoms with E-state index in [-0.39, 0.29) is 0 Å². The molecule has 0 fully saturated rings. The highest BCUT2D eigenvalue weighted by atomic mass is 16.5. The van der Waals surface area contributed by atoms with E-state index in [1.807, 2.05) is 19.1 Å². The molecule has 1 aromatic carbocycles. The highest BCUT2D eigenvalue weighted by Crippen LogP contribution is 2.28. The molecular formula is C13H18N2O2. The van der Waals surface area contributed by atoms with Gasteiger partial charge < -0.3 is 14.8 Å². The van der Waals surface area contributed by atoms with Crippen molar-refractivity contribution in [1.29, 1.82) is 5.26 Å². The number of nitriles is 1. The van der Waals surface area contributed by atoms with Crippen molar-refractivity contribution in [2.45, 2.75) is 13.3 Å². The van der Waals surface area contributed by atoms with Crippen LogP contribution in [0.4, 0.5) is 0 Å². The second-order valence-corrected chi connectivity index (χ2v) is 3.71. The first-order valence-electron chi connectivity index (χ1n) is 5.52. The molecule has 4 nitrogen and oxygen atoms in total. The van der Waals surface area contributed by atoms with Gasteiger partial charge >= 0.3 is 0 Å². The molecule has 0 aliphatic carbocycles. The van der Waals surface area contributed by atoms with Crippen molar-refractivity contribution in [3.8, 4) is 17.6 Å². The minimum Gasteiger partial charge on any atom is -0.497 e. The van der Waals surface area contributed by atoms with Crippen molar-refractivity contribution in [3.63, 3.8) is 0 Å². The number of nitrogens with zero attached hydrogens (tertiary/aromatic N) is 1. The van der Waals surface area contributed by atoms with Gasteiger partial charge in [0, 0.05) is 12.6 Å². The van der Waals surface area contributed by atoms with Gasteiger partial charge in [0.1, 0.15) is 11.5 Å². The van der Waals surface area contributed by atoms with E-state index in [0.717, 1.165) is 35.6 Å². The molecule has 1 N–H and O–H groups in total. The number of hydrogen-bond acceptors (Lipinski definition) is 4. The van der Waals surface area contributed by atoms with Crippen LogP contribution >= 0.6 is 0 Å². The van der Waals surface area contributed by atoms with E-state index in [1.165, 1.54) is 0 Å². The number of rotatable bonds is 6. The fourth-order valence-electron chi connectivity index (χ4n) is 1.73. The average molecular weight is 234 g/mol. The lowest BCUT2D eigenvalue weighted by Gasteiger charge is -2.13. The van der Waals surface area contributed by atoms with Gasteiger partial charge in [-0.25, -0.2) is 0 Å². The van der Waals surface area contributed by atoms with Crippen LogP contribution in [0.5, 0.6) is 11.5 Å². The molecule has 0 spiro atoms. The highest BCUT2D eigenvalue weighted by Gasteiger charge is 2.08. The van der Waals surface area contributed by atoms with Crippen LogP contribution in [0.25, 0.3) is 0 Å². The van der Waals surface area contributed by atoms with Gasteiger partial charge in [-0.1, -0.05) is 0 Å². The smallest absolute Gasteiger partial charge is 0.126 e.